The number of methoxy groups -OCH3 is 1. The molecule has 1 aromatic carbocycles. The van der Waals surface area contributed by atoms with Crippen molar-refractivity contribution in [2.45, 2.75) is 20.8 Å². The van der Waals surface area contributed by atoms with Crippen molar-refractivity contribution in [1.29, 1.82) is 0 Å². The van der Waals surface area contributed by atoms with E-state index in [1.807, 2.05) is 32.9 Å². The fraction of sp³-hybridized carbons (Fsp3) is 0.235. The number of rotatable bonds is 2. The molecule has 0 unspecified atom stereocenters. The van der Waals surface area contributed by atoms with Gasteiger partial charge in [0.1, 0.15) is 28.8 Å². The lowest BCUT2D eigenvalue weighted by atomic mass is 9.97. The van der Waals surface area contributed by atoms with Crippen LogP contribution in [0.2, 0.25) is 0 Å². The molecule has 3 aromatic heterocycles. The van der Waals surface area contributed by atoms with Gasteiger partial charge in [0, 0.05) is 16.5 Å². The summed E-state index contributed by atoms with van der Waals surface area (Å²) in [6.45, 7) is 5.60. The summed E-state index contributed by atoms with van der Waals surface area (Å²) in [5, 5.41) is 5.77. The van der Waals surface area contributed by atoms with E-state index in [2.05, 4.69) is 20.1 Å². The first-order chi connectivity index (χ1) is 11.5. The first-order valence-electron chi connectivity index (χ1n) is 7.57. The average Bonchev–Trinajstić information content (AvgIpc) is 3.06. The second-order valence-corrected chi connectivity index (χ2v) is 5.77. The van der Waals surface area contributed by atoms with Crippen LogP contribution in [0.4, 0.5) is 5.82 Å². The molecule has 0 saturated carbocycles. The van der Waals surface area contributed by atoms with Gasteiger partial charge in [0.2, 0.25) is 0 Å². The molecule has 3 heterocycles. The minimum atomic E-state index is 0.435. The standard InChI is InChI=1S/C17H17N5O2/c1-7-12(8(2)24-22-7)14-11(23-4)6-5-10-13(14)15-16(18)19-9(3)20-17(15)21-10/h5-6H,1-4H3,(H3,18,19,20,21). The zero-order valence-corrected chi connectivity index (χ0v) is 13.9. The quantitative estimate of drug-likeness (QED) is 0.587. The monoisotopic (exact) mass is 323 g/mol. The molecular formula is C17H17N5O2. The van der Waals surface area contributed by atoms with E-state index in [1.165, 1.54) is 0 Å². The van der Waals surface area contributed by atoms with E-state index in [4.69, 9.17) is 15.0 Å². The van der Waals surface area contributed by atoms with Crippen LogP contribution in [-0.2, 0) is 0 Å². The molecule has 3 N–H and O–H groups in total. The Hall–Kier alpha value is -3.09. The van der Waals surface area contributed by atoms with Crippen molar-refractivity contribution >= 4 is 27.8 Å². The second-order valence-electron chi connectivity index (χ2n) is 5.77. The third-order valence-corrected chi connectivity index (χ3v) is 4.22. The van der Waals surface area contributed by atoms with E-state index < -0.39 is 0 Å². The van der Waals surface area contributed by atoms with Crippen LogP contribution in [0.3, 0.4) is 0 Å². The number of fused-ring (bicyclic) bond motifs is 3. The number of H-pyrrole nitrogens is 1. The predicted molar refractivity (Wildman–Crippen MR) is 92.1 cm³/mol. The molecule has 4 aromatic rings. The highest BCUT2D eigenvalue weighted by Gasteiger charge is 2.23. The Labute approximate surface area is 137 Å². The van der Waals surface area contributed by atoms with Crippen molar-refractivity contribution in [3.05, 3.63) is 29.4 Å². The summed E-state index contributed by atoms with van der Waals surface area (Å²) in [6.07, 6.45) is 0. The lowest BCUT2D eigenvalue weighted by Crippen LogP contribution is -1.97. The maximum absolute atomic E-state index is 6.21. The molecule has 0 saturated heterocycles. The Bertz CT molecular complexity index is 1070. The van der Waals surface area contributed by atoms with Gasteiger partial charge in [-0.1, -0.05) is 5.16 Å². The van der Waals surface area contributed by atoms with Gasteiger partial charge in [-0.05, 0) is 32.9 Å². The van der Waals surface area contributed by atoms with Crippen LogP contribution in [-0.4, -0.2) is 27.2 Å². The number of aryl methyl sites for hydroxylation is 3. The van der Waals surface area contributed by atoms with Crippen LogP contribution in [0.5, 0.6) is 5.75 Å². The number of anilines is 1. The molecule has 0 radical (unpaired) electrons. The molecule has 0 atom stereocenters. The van der Waals surface area contributed by atoms with Gasteiger partial charge >= 0.3 is 0 Å². The average molecular weight is 323 g/mol. The molecule has 24 heavy (non-hydrogen) atoms. The predicted octanol–water partition coefficient (Wildman–Crippen LogP) is 3.28. The van der Waals surface area contributed by atoms with Crippen LogP contribution in [0.25, 0.3) is 33.1 Å². The van der Waals surface area contributed by atoms with Crippen LogP contribution in [0.15, 0.2) is 16.7 Å². The number of nitrogen functional groups attached to an aromatic ring is 1. The third kappa shape index (κ3) is 1.87. The van der Waals surface area contributed by atoms with Crippen LogP contribution >= 0.6 is 0 Å². The maximum Gasteiger partial charge on any atom is 0.144 e. The minimum Gasteiger partial charge on any atom is -0.496 e. The van der Waals surface area contributed by atoms with Crippen LogP contribution in [0.1, 0.15) is 17.3 Å². The summed E-state index contributed by atoms with van der Waals surface area (Å²) in [6, 6.07) is 3.86. The number of aromatic nitrogens is 4. The van der Waals surface area contributed by atoms with Crippen molar-refractivity contribution < 1.29 is 9.26 Å². The first kappa shape index (κ1) is 14.5. The van der Waals surface area contributed by atoms with Gasteiger partial charge in [-0.3, -0.25) is 0 Å². The van der Waals surface area contributed by atoms with Crippen molar-refractivity contribution in [2.24, 2.45) is 0 Å². The van der Waals surface area contributed by atoms with Gasteiger partial charge in [0.25, 0.3) is 0 Å². The normalized spacial score (nSPS) is 11.5. The first-order valence-corrected chi connectivity index (χ1v) is 7.57. The Balaban J connectivity index is 2.26. The second kappa shape index (κ2) is 4.95. The lowest BCUT2D eigenvalue weighted by molar-refractivity contribution is 0.393. The fourth-order valence-electron chi connectivity index (χ4n) is 3.26. The number of aromatic amines is 1. The van der Waals surface area contributed by atoms with E-state index in [-0.39, 0.29) is 0 Å². The fourth-order valence-corrected chi connectivity index (χ4v) is 3.26. The number of nitrogens with one attached hydrogen (secondary N) is 1. The smallest absolute Gasteiger partial charge is 0.144 e. The summed E-state index contributed by atoms with van der Waals surface area (Å²) >= 11 is 0. The Kier molecular flexibility index (Phi) is 2.99. The van der Waals surface area contributed by atoms with Crippen LogP contribution in [0, 0.1) is 20.8 Å². The SMILES string of the molecule is COc1ccc2[nH]c3nc(C)nc(N)c3c2c1-c1c(C)noc1C. The molecule has 0 fully saturated rings. The number of hydrogen-bond acceptors (Lipinski definition) is 6. The third-order valence-electron chi connectivity index (χ3n) is 4.22. The van der Waals surface area contributed by atoms with Crippen molar-refractivity contribution in [1.82, 2.24) is 20.1 Å². The summed E-state index contributed by atoms with van der Waals surface area (Å²) < 4.78 is 11.0. The molecular weight excluding hydrogens is 306 g/mol. The molecule has 0 bridgehead atoms. The van der Waals surface area contributed by atoms with Crippen LogP contribution < -0.4 is 10.5 Å². The summed E-state index contributed by atoms with van der Waals surface area (Å²) in [7, 11) is 1.64. The molecule has 0 aliphatic rings. The number of hydrogen-bond donors (Lipinski definition) is 2. The maximum atomic E-state index is 6.21. The molecule has 122 valence electrons. The van der Waals surface area contributed by atoms with E-state index in [0.29, 0.717) is 17.3 Å². The summed E-state index contributed by atoms with van der Waals surface area (Å²) in [4.78, 5) is 12.1. The highest BCUT2D eigenvalue weighted by molar-refractivity contribution is 6.18. The number of ether oxygens (including phenoxy) is 1. The van der Waals surface area contributed by atoms with Crippen molar-refractivity contribution in [3.63, 3.8) is 0 Å². The number of nitrogens with two attached hydrogens (primary N) is 1. The van der Waals surface area contributed by atoms with Gasteiger partial charge < -0.3 is 20.0 Å². The van der Waals surface area contributed by atoms with Gasteiger partial charge in [0.15, 0.2) is 0 Å². The van der Waals surface area contributed by atoms with Gasteiger partial charge in [-0.2, -0.15) is 0 Å². The largest absolute Gasteiger partial charge is 0.496 e. The molecule has 4 rings (SSSR count). The lowest BCUT2D eigenvalue weighted by Gasteiger charge is -2.10. The van der Waals surface area contributed by atoms with Gasteiger partial charge in [-0.15, -0.1) is 0 Å². The highest BCUT2D eigenvalue weighted by Crippen LogP contribution is 2.43. The topological polar surface area (TPSA) is 103 Å². The Morgan fingerprint density at radius 2 is 1.88 bits per heavy atom. The van der Waals surface area contributed by atoms with Crippen molar-refractivity contribution in [2.75, 3.05) is 12.8 Å². The number of nitrogens with zero attached hydrogens (tertiary/aromatic N) is 3. The molecule has 0 aliphatic carbocycles. The number of benzene rings is 1. The molecule has 7 heteroatoms. The van der Waals surface area contributed by atoms with E-state index in [0.717, 1.165) is 44.6 Å². The van der Waals surface area contributed by atoms with E-state index in [1.54, 1.807) is 7.11 Å². The molecule has 7 nitrogen and oxygen atoms in total. The Morgan fingerprint density at radius 1 is 1.08 bits per heavy atom. The van der Waals surface area contributed by atoms with E-state index >= 15 is 0 Å². The summed E-state index contributed by atoms with van der Waals surface area (Å²) in [5.41, 5.74) is 10.4. The van der Waals surface area contributed by atoms with Gasteiger partial charge in [-0.25, -0.2) is 9.97 Å². The Morgan fingerprint density at radius 3 is 2.54 bits per heavy atom. The summed E-state index contributed by atoms with van der Waals surface area (Å²) in [5.74, 6) is 2.50. The zero-order chi connectivity index (χ0) is 17.0. The zero-order valence-electron chi connectivity index (χ0n) is 13.9. The van der Waals surface area contributed by atoms with E-state index in [9.17, 15) is 0 Å². The highest BCUT2D eigenvalue weighted by atomic mass is 16.5. The van der Waals surface area contributed by atoms with Crippen molar-refractivity contribution in [3.8, 4) is 16.9 Å². The molecule has 0 amide bonds. The molecule has 0 aliphatic heterocycles. The molecule has 0 spiro atoms. The minimum absolute atomic E-state index is 0.435. The van der Waals surface area contributed by atoms with Gasteiger partial charge in [0.05, 0.1) is 23.8 Å².